The number of nitrogens with zero attached hydrogens (tertiary/aromatic N) is 3. The van der Waals surface area contributed by atoms with Crippen LogP contribution in [-0.2, 0) is 13.6 Å². The number of carboxylic acid groups (broad SMARTS) is 1. The minimum Gasteiger partial charge on any atom is -0.478 e. The average molecular weight is 280 g/mol. The molecule has 100 valence electrons. The summed E-state index contributed by atoms with van der Waals surface area (Å²) >= 11 is 5.94. The molecular weight excluding hydrogens is 266 g/mol. The third-order valence-electron chi connectivity index (χ3n) is 2.90. The van der Waals surface area contributed by atoms with Gasteiger partial charge in [-0.15, -0.1) is 0 Å². The van der Waals surface area contributed by atoms with E-state index in [1.165, 1.54) is 6.07 Å². The predicted molar refractivity (Wildman–Crippen MR) is 73.7 cm³/mol. The third kappa shape index (κ3) is 2.88. The molecule has 0 aliphatic rings. The number of carbonyl (C=O) groups is 1. The van der Waals surface area contributed by atoms with Crippen LogP contribution in [0.15, 0.2) is 30.6 Å². The molecule has 0 fully saturated rings. The van der Waals surface area contributed by atoms with Crippen LogP contribution in [0.25, 0.3) is 0 Å². The predicted octanol–water partition coefficient (Wildman–Crippen LogP) is 2.41. The van der Waals surface area contributed by atoms with E-state index < -0.39 is 5.97 Å². The average Bonchev–Trinajstić information content (AvgIpc) is 2.74. The maximum Gasteiger partial charge on any atom is 0.337 e. The van der Waals surface area contributed by atoms with Gasteiger partial charge in [0.2, 0.25) is 0 Å². The van der Waals surface area contributed by atoms with Crippen LogP contribution in [0.3, 0.4) is 0 Å². The molecule has 0 aliphatic carbocycles. The molecule has 0 atom stereocenters. The normalized spacial score (nSPS) is 10.5. The van der Waals surface area contributed by atoms with Crippen LogP contribution in [0.2, 0.25) is 5.02 Å². The highest BCUT2D eigenvalue weighted by atomic mass is 35.5. The summed E-state index contributed by atoms with van der Waals surface area (Å²) in [6.07, 6.45) is 3.55. The summed E-state index contributed by atoms with van der Waals surface area (Å²) in [5, 5.41) is 9.70. The van der Waals surface area contributed by atoms with Crippen molar-refractivity contribution in [3.63, 3.8) is 0 Å². The van der Waals surface area contributed by atoms with Crippen LogP contribution in [0, 0.1) is 0 Å². The van der Waals surface area contributed by atoms with Crippen LogP contribution in [-0.4, -0.2) is 27.7 Å². The maximum absolute atomic E-state index is 11.2. The van der Waals surface area contributed by atoms with Gasteiger partial charge < -0.3 is 14.6 Å². The number of aromatic nitrogens is 2. The fourth-order valence-corrected chi connectivity index (χ4v) is 2.01. The topological polar surface area (TPSA) is 58.4 Å². The number of imidazole rings is 1. The number of carboxylic acids is 1. The minimum absolute atomic E-state index is 0.223. The molecule has 5 nitrogen and oxygen atoms in total. The highest BCUT2D eigenvalue weighted by Crippen LogP contribution is 2.25. The largest absolute Gasteiger partial charge is 0.478 e. The summed E-state index contributed by atoms with van der Waals surface area (Å²) in [6, 6.07) is 4.73. The van der Waals surface area contributed by atoms with E-state index in [4.69, 9.17) is 11.6 Å². The van der Waals surface area contributed by atoms with Crippen molar-refractivity contribution in [3.05, 3.63) is 47.0 Å². The Bertz CT molecular complexity index is 610. The molecule has 0 aliphatic heterocycles. The van der Waals surface area contributed by atoms with E-state index in [-0.39, 0.29) is 5.56 Å². The number of benzene rings is 1. The molecule has 1 aromatic heterocycles. The van der Waals surface area contributed by atoms with Crippen molar-refractivity contribution in [3.8, 4) is 0 Å². The van der Waals surface area contributed by atoms with Crippen LogP contribution >= 0.6 is 11.6 Å². The Labute approximate surface area is 116 Å². The number of halogens is 1. The third-order valence-corrected chi connectivity index (χ3v) is 3.14. The number of hydrogen-bond acceptors (Lipinski definition) is 3. The van der Waals surface area contributed by atoms with Gasteiger partial charge in [-0.1, -0.05) is 11.6 Å². The van der Waals surface area contributed by atoms with Gasteiger partial charge >= 0.3 is 5.97 Å². The van der Waals surface area contributed by atoms with Gasteiger partial charge in [-0.2, -0.15) is 0 Å². The summed E-state index contributed by atoms with van der Waals surface area (Å²) in [4.78, 5) is 17.3. The second kappa shape index (κ2) is 5.32. The molecule has 6 heteroatoms. The Balaban J connectivity index is 2.32. The molecule has 2 rings (SSSR count). The number of rotatable bonds is 4. The molecule has 0 amide bonds. The summed E-state index contributed by atoms with van der Waals surface area (Å²) < 4.78 is 1.89. The van der Waals surface area contributed by atoms with E-state index in [2.05, 4.69) is 4.98 Å². The van der Waals surface area contributed by atoms with Crippen molar-refractivity contribution in [1.82, 2.24) is 9.55 Å². The van der Waals surface area contributed by atoms with E-state index in [0.717, 1.165) is 5.82 Å². The van der Waals surface area contributed by atoms with Gasteiger partial charge in [-0.3, -0.25) is 0 Å². The van der Waals surface area contributed by atoms with E-state index in [1.54, 1.807) is 18.3 Å². The zero-order valence-corrected chi connectivity index (χ0v) is 11.4. The molecule has 2 aromatic rings. The Morgan fingerprint density at radius 2 is 2.26 bits per heavy atom. The van der Waals surface area contributed by atoms with Gasteiger partial charge in [0.05, 0.1) is 17.8 Å². The molecule has 1 N–H and O–H groups in total. The molecule has 0 saturated carbocycles. The summed E-state index contributed by atoms with van der Waals surface area (Å²) in [5.74, 6) is -0.128. The first kappa shape index (κ1) is 13.4. The first-order valence-electron chi connectivity index (χ1n) is 5.69. The quantitative estimate of drug-likeness (QED) is 0.934. The minimum atomic E-state index is -0.974. The lowest BCUT2D eigenvalue weighted by Crippen LogP contribution is -2.21. The Hall–Kier alpha value is -2.01. The van der Waals surface area contributed by atoms with E-state index in [9.17, 15) is 9.90 Å². The molecule has 19 heavy (non-hydrogen) atoms. The van der Waals surface area contributed by atoms with Gasteiger partial charge in [-0.25, -0.2) is 9.78 Å². The van der Waals surface area contributed by atoms with Crippen molar-refractivity contribution in [2.75, 3.05) is 11.9 Å². The smallest absolute Gasteiger partial charge is 0.337 e. The SMILES string of the molecule is CN(Cc1nccn1C)c1cc(Cl)ccc1C(=O)O. The first-order valence-corrected chi connectivity index (χ1v) is 6.07. The highest BCUT2D eigenvalue weighted by Gasteiger charge is 2.15. The first-order chi connectivity index (χ1) is 8.99. The number of aromatic carboxylic acids is 1. The monoisotopic (exact) mass is 279 g/mol. The van der Waals surface area contributed by atoms with E-state index >= 15 is 0 Å². The Morgan fingerprint density at radius 3 is 2.84 bits per heavy atom. The number of aryl methyl sites for hydroxylation is 1. The van der Waals surface area contributed by atoms with Crippen molar-refractivity contribution in [2.24, 2.45) is 7.05 Å². The zero-order chi connectivity index (χ0) is 14.0. The van der Waals surface area contributed by atoms with Gasteiger partial charge in [0, 0.05) is 31.5 Å². The molecule has 0 unspecified atom stereocenters. The zero-order valence-electron chi connectivity index (χ0n) is 10.7. The van der Waals surface area contributed by atoms with Gasteiger partial charge in [0.25, 0.3) is 0 Å². The van der Waals surface area contributed by atoms with Gasteiger partial charge in [0.1, 0.15) is 5.82 Å². The van der Waals surface area contributed by atoms with Gasteiger partial charge in [0.15, 0.2) is 0 Å². The molecule has 0 radical (unpaired) electrons. The van der Waals surface area contributed by atoms with Crippen LogP contribution in [0.1, 0.15) is 16.2 Å². The number of anilines is 1. The maximum atomic E-state index is 11.2. The molecule has 0 bridgehead atoms. The lowest BCUT2D eigenvalue weighted by atomic mass is 10.1. The van der Waals surface area contributed by atoms with Crippen LogP contribution < -0.4 is 4.90 Å². The molecule has 1 aromatic carbocycles. The fourth-order valence-electron chi connectivity index (χ4n) is 1.85. The van der Waals surface area contributed by atoms with E-state index in [1.807, 2.05) is 29.8 Å². The molecule has 0 spiro atoms. The lowest BCUT2D eigenvalue weighted by molar-refractivity contribution is 0.0697. The molecule has 1 heterocycles. The Morgan fingerprint density at radius 1 is 1.53 bits per heavy atom. The standard InChI is InChI=1S/C13H14ClN3O2/c1-16-6-5-15-12(16)8-17(2)11-7-9(14)3-4-10(11)13(18)19/h3-7H,8H2,1-2H3,(H,18,19). The van der Waals surface area contributed by atoms with Crippen molar-refractivity contribution in [1.29, 1.82) is 0 Å². The molecule has 0 saturated heterocycles. The van der Waals surface area contributed by atoms with Crippen molar-refractivity contribution < 1.29 is 9.90 Å². The lowest BCUT2D eigenvalue weighted by Gasteiger charge is -2.21. The van der Waals surface area contributed by atoms with Gasteiger partial charge in [-0.05, 0) is 18.2 Å². The Kier molecular flexibility index (Phi) is 3.76. The second-order valence-electron chi connectivity index (χ2n) is 4.28. The molecular formula is C13H14ClN3O2. The summed E-state index contributed by atoms with van der Waals surface area (Å²) in [7, 11) is 3.71. The van der Waals surface area contributed by atoms with E-state index in [0.29, 0.717) is 17.3 Å². The highest BCUT2D eigenvalue weighted by molar-refractivity contribution is 6.31. The van der Waals surface area contributed by atoms with Crippen molar-refractivity contribution >= 4 is 23.3 Å². The van der Waals surface area contributed by atoms with Crippen molar-refractivity contribution in [2.45, 2.75) is 6.54 Å². The second-order valence-corrected chi connectivity index (χ2v) is 4.71. The summed E-state index contributed by atoms with van der Waals surface area (Å²) in [5.41, 5.74) is 0.795. The van der Waals surface area contributed by atoms with Crippen LogP contribution in [0.4, 0.5) is 5.69 Å². The number of hydrogen-bond donors (Lipinski definition) is 1. The fraction of sp³-hybridized carbons (Fsp3) is 0.231. The summed E-state index contributed by atoms with van der Waals surface area (Å²) in [6.45, 7) is 0.504. The van der Waals surface area contributed by atoms with Crippen LogP contribution in [0.5, 0.6) is 0 Å².